The fourth-order valence-corrected chi connectivity index (χ4v) is 1.55. The molecule has 5 heteroatoms. The van der Waals surface area contributed by atoms with Gasteiger partial charge in [-0.3, -0.25) is 0 Å². The number of aromatic carboxylic acids is 1. The van der Waals surface area contributed by atoms with Gasteiger partial charge in [-0.1, -0.05) is 0 Å². The fourth-order valence-electron chi connectivity index (χ4n) is 1.55. The van der Waals surface area contributed by atoms with Crippen molar-refractivity contribution in [2.45, 2.75) is 19.4 Å². The second-order valence-corrected chi connectivity index (χ2v) is 3.72. The Morgan fingerprint density at radius 1 is 1.50 bits per heavy atom. The summed E-state index contributed by atoms with van der Waals surface area (Å²) in [6.07, 6.45) is 0.496. The van der Waals surface area contributed by atoms with E-state index in [4.69, 9.17) is 16.6 Å². The SMILES string of the molecule is Cc1cc(C(=O)O)cc([C@H](N)CCN)c1O. The molecule has 6 N–H and O–H groups in total. The maximum atomic E-state index is 10.9. The molecule has 0 fully saturated rings. The van der Waals surface area contributed by atoms with Crippen molar-refractivity contribution >= 4 is 5.97 Å². The highest BCUT2D eigenvalue weighted by molar-refractivity contribution is 5.88. The average molecular weight is 224 g/mol. The Hall–Kier alpha value is -1.59. The van der Waals surface area contributed by atoms with Crippen molar-refractivity contribution in [3.63, 3.8) is 0 Å². The number of carbonyl (C=O) groups is 1. The van der Waals surface area contributed by atoms with Crippen LogP contribution in [0.4, 0.5) is 0 Å². The molecule has 0 heterocycles. The molecule has 0 radical (unpaired) electrons. The van der Waals surface area contributed by atoms with Gasteiger partial charge in [-0.2, -0.15) is 0 Å². The fraction of sp³-hybridized carbons (Fsp3) is 0.364. The molecule has 1 aromatic carbocycles. The molecule has 0 aliphatic carbocycles. The third-order valence-electron chi connectivity index (χ3n) is 2.45. The number of phenolic OH excluding ortho intramolecular Hbond substituents is 1. The monoisotopic (exact) mass is 224 g/mol. The predicted octanol–water partition coefficient (Wildman–Crippen LogP) is 0.747. The second kappa shape index (κ2) is 4.96. The molecule has 0 aromatic heterocycles. The summed E-state index contributed by atoms with van der Waals surface area (Å²) >= 11 is 0. The lowest BCUT2D eigenvalue weighted by Gasteiger charge is -2.15. The zero-order valence-electron chi connectivity index (χ0n) is 9.10. The van der Waals surface area contributed by atoms with Gasteiger partial charge in [0.1, 0.15) is 5.75 Å². The van der Waals surface area contributed by atoms with Gasteiger partial charge in [0.05, 0.1) is 5.56 Å². The number of aromatic hydroxyl groups is 1. The first-order chi connectivity index (χ1) is 7.47. The number of benzene rings is 1. The highest BCUT2D eigenvalue weighted by Crippen LogP contribution is 2.29. The number of hydrogen-bond acceptors (Lipinski definition) is 4. The predicted molar refractivity (Wildman–Crippen MR) is 60.4 cm³/mol. The van der Waals surface area contributed by atoms with Gasteiger partial charge in [-0.15, -0.1) is 0 Å². The third-order valence-corrected chi connectivity index (χ3v) is 2.45. The van der Waals surface area contributed by atoms with Gasteiger partial charge in [-0.05, 0) is 37.6 Å². The van der Waals surface area contributed by atoms with Gasteiger partial charge < -0.3 is 21.7 Å². The van der Waals surface area contributed by atoms with E-state index >= 15 is 0 Å². The molecule has 0 saturated carbocycles. The number of rotatable bonds is 4. The van der Waals surface area contributed by atoms with E-state index in [0.717, 1.165) is 0 Å². The van der Waals surface area contributed by atoms with E-state index in [1.165, 1.54) is 12.1 Å². The van der Waals surface area contributed by atoms with E-state index < -0.39 is 12.0 Å². The van der Waals surface area contributed by atoms with Gasteiger partial charge in [-0.25, -0.2) is 4.79 Å². The number of carboxylic acids is 1. The van der Waals surface area contributed by atoms with Gasteiger partial charge in [0.15, 0.2) is 0 Å². The quantitative estimate of drug-likeness (QED) is 0.603. The first-order valence-corrected chi connectivity index (χ1v) is 4.99. The highest BCUT2D eigenvalue weighted by atomic mass is 16.4. The molecular formula is C11H16N2O3. The van der Waals surface area contributed by atoms with Crippen molar-refractivity contribution in [3.8, 4) is 5.75 Å². The van der Waals surface area contributed by atoms with Crippen molar-refractivity contribution in [2.24, 2.45) is 11.5 Å². The summed E-state index contributed by atoms with van der Waals surface area (Å²) in [5, 5.41) is 18.7. The Labute approximate surface area is 93.7 Å². The minimum atomic E-state index is -1.04. The van der Waals surface area contributed by atoms with E-state index in [1.807, 2.05) is 0 Å². The summed E-state index contributed by atoms with van der Waals surface area (Å²) < 4.78 is 0. The number of aryl methyl sites for hydroxylation is 1. The maximum Gasteiger partial charge on any atom is 0.335 e. The summed E-state index contributed by atoms with van der Waals surface area (Å²) in [5.41, 5.74) is 12.2. The molecule has 1 aromatic rings. The summed E-state index contributed by atoms with van der Waals surface area (Å²) in [7, 11) is 0. The summed E-state index contributed by atoms with van der Waals surface area (Å²) in [6.45, 7) is 2.03. The molecular weight excluding hydrogens is 208 g/mol. The molecule has 0 amide bonds. The molecule has 0 spiro atoms. The Morgan fingerprint density at radius 2 is 2.12 bits per heavy atom. The van der Waals surface area contributed by atoms with Crippen molar-refractivity contribution < 1.29 is 15.0 Å². The van der Waals surface area contributed by atoms with E-state index in [1.54, 1.807) is 6.92 Å². The lowest BCUT2D eigenvalue weighted by Crippen LogP contribution is -2.16. The van der Waals surface area contributed by atoms with E-state index in [0.29, 0.717) is 24.1 Å². The number of hydrogen-bond donors (Lipinski definition) is 4. The van der Waals surface area contributed by atoms with Crippen LogP contribution in [-0.4, -0.2) is 22.7 Å². The summed E-state index contributed by atoms with van der Waals surface area (Å²) in [6, 6.07) is 2.37. The molecule has 16 heavy (non-hydrogen) atoms. The topological polar surface area (TPSA) is 110 Å². The van der Waals surface area contributed by atoms with Crippen LogP contribution in [0, 0.1) is 6.92 Å². The number of nitrogens with two attached hydrogens (primary N) is 2. The average Bonchev–Trinajstić information content (AvgIpc) is 2.21. The van der Waals surface area contributed by atoms with Crippen molar-refractivity contribution in [1.29, 1.82) is 0 Å². The molecule has 5 nitrogen and oxygen atoms in total. The van der Waals surface area contributed by atoms with Gasteiger partial charge >= 0.3 is 5.97 Å². The van der Waals surface area contributed by atoms with Crippen molar-refractivity contribution in [3.05, 3.63) is 28.8 Å². The molecule has 0 aliphatic heterocycles. The third kappa shape index (κ3) is 2.50. The van der Waals surface area contributed by atoms with Crippen LogP contribution in [0.15, 0.2) is 12.1 Å². The van der Waals surface area contributed by atoms with Crippen molar-refractivity contribution in [1.82, 2.24) is 0 Å². The minimum absolute atomic E-state index is 0.0472. The Kier molecular flexibility index (Phi) is 3.87. The maximum absolute atomic E-state index is 10.9. The molecule has 1 atom stereocenters. The second-order valence-electron chi connectivity index (χ2n) is 3.72. The smallest absolute Gasteiger partial charge is 0.335 e. The minimum Gasteiger partial charge on any atom is -0.507 e. The van der Waals surface area contributed by atoms with E-state index in [9.17, 15) is 9.90 Å². The van der Waals surface area contributed by atoms with Crippen molar-refractivity contribution in [2.75, 3.05) is 6.54 Å². The molecule has 88 valence electrons. The molecule has 1 rings (SSSR count). The van der Waals surface area contributed by atoms with Crippen LogP contribution in [0.5, 0.6) is 5.75 Å². The van der Waals surface area contributed by atoms with Gasteiger partial charge in [0.25, 0.3) is 0 Å². The van der Waals surface area contributed by atoms with Crippen LogP contribution >= 0.6 is 0 Å². The molecule has 0 saturated heterocycles. The Balaban J connectivity index is 3.21. The van der Waals surface area contributed by atoms with E-state index in [2.05, 4.69) is 0 Å². The van der Waals surface area contributed by atoms with Crippen LogP contribution in [0.1, 0.15) is 33.9 Å². The lowest BCUT2D eigenvalue weighted by molar-refractivity contribution is 0.0696. The van der Waals surface area contributed by atoms with Gasteiger partial charge in [0, 0.05) is 11.6 Å². The van der Waals surface area contributed by atoms with Crippen LogP contribution in [0.2, 0.25) is 0 Å². The molecule has 0 bridgehead atoms. The Bertz CT molecular complexity index is 404. The molecule has 0 unspecified atom stereocenters. The van der Waals surface area contributed by atoms with E-state index in [-0.39, 0.29) is 11.3 Å². The number of phenols is 1. The molecule has 0 aliphatic rings. The van der Waals surface area contributed by atoms with Crippen LogP contribution in [0.25, 0.3) is 0 Å². The lowest BCUT2D eigenvalue weighted by atomic mass is 9.98. The Morgan fingerprint density at radius 3 is 2.62 bits per heavy atom. The highest BCUT2D eigenvalue weighted by Gasteiger charge is 2.16. The largest absolute Gasteiger partial charge is 0.507 e. The standard InChI is InChI=1S/C11H16N2O3/c1-6-4-7(11(15)16)5-8(10(6)14)9(13)2-3-12/h4-5,9,14H,2-3,12-13H2,1H3,(H,15,16)/t9-/m1/s1. The van der Waals surface area contributed by atoms with Gasteiger partial charge in [0.2, 0.25) is 0 Å². The van der Waals surface area contributed by atoms with Crippen LogP contribution < -0.4 is 11.5 Å². The first kappa shape index (κ1) is 12.5. The first-order valence-electron chi connectivity index (χ1n) is 4.99. The van der Waals surface area contributed by atoms with Crippen LogP contribution in [0.3, 0.4) is 0 Å². The van der Waals surface area contributed by atoms with Crippen LogP contribution in [-0.2, 0) is 0 Å². The number of carboxylic acid groups (broad SMARTS) is 1. The zero-order valence-corrected chi connectivity index (χ0v) is 9.10. The normalized spacial score (nSPS) is 12.4. The summed E-state index contributed by atoms with van der Waals surface area (Å²) in [5.74, 6) is -0.991. The summed E-state index contributed by atoms with van der Waals surface area (Å²) in [4.78, 5) is 10.9. The zero-order chi connectivity index (χ0) is 12.3.